The third kappa shape index (κ3) is 3.83. The predicted molar refractivity (Wildman–Crippen MR) is 42.0 cm³/mol. The van der Waals surface area contributed by atoms with E-state index in [4.69, 9.17) is 11.6 Å². The Hall–Kier alpha value is -0.770. The Balaban J connectivity index is 4.12. The van der Waals surface area contributed by atoms with E-state index in [0.29, 0.717) is 0 Å². The normalized spacial score (nSPS) is 9.55. The highest BCUT2D eigenvalue weighted by atomic mass is 35.5. The van der Waals surface area contributed by atoms with Crippen LogP contribution in [-0.4, -0.2) is 22.3 Å². The predicted octanol–water partition coefficient (Wildman–Crippen LogP) is 1.11. The van der Waals surface area contributed by atoms with Crippen molar-refractivity contribution in [2.24, 2.45) is 0 Å². The van der Waals surface area contributed by atoms with Crippen LogP contribution in [0, 0.1) is 0 Å². The van der Waals surface area contributed by atoms with Gasteiger partial charge in [-0.15, -0.1) is 0 Å². The zero-order chi connectivity index (χ0) is 9.02. The lowest BCUT2D eigenvalue weighted by molar-refractivity contribution is -0.122. The minimum Gasteiger partial charge on any atom is -0.274 e. The zero-order valence-electron chi connectivity index (χ0n) is 6.72. The van der Waals surface area contributed by atoms with Gasteiger partial charge in [0.25, 0.3) is 0 Å². The minimum absolute atomic E-state index is 0.135. The quantitative estimate of drug-likeness (QED) is 0.372. The maximum absolute atomic E-state index is 10.6. The summed E-state index contributed by atoms with van der Waals surface area (Å²) in [6, 6.07) is -0.135. The topological polar surface area (TPSA) is 49.4 Å². The number of hydrogen-bond donors (Lipinski definition) is 1. The molecule has 2 amide bonds. The summed E-state index contributed by atoms with van der Waals surface area (Å²) in [5.74, 6) is -0.312. The molecule has 0 fully saturated rings. The van der Waals surface area contributed by atoms with E-state index < -0.39 is 5.37 Å². The first-order valence-corrected chi connectivity index (χ1v) is 3.59. The number of carbonyl (C=O) groups excluding carboxylic acids is 2. The molecule has 0 aliphatic rings. The van der Waals surface area contributed by atoms with Crippen molar-refractivity contribution in [3.05, 3.63) is 0 Å². The Morgan fingerprint density at radius 3 is 2.00 bits per heavy atom. The van der Waals surface area contributed by atoms with Gasteiger partial charge in [-0.3, -0.25) is 15.0 Å². The molecule has 0 unspecified atom stereocenters. The molecule has 0 aromatic rings. The summed E-state index contributed by atoms with van der Waals surface area (Å²) < 4.78 is 0. The largest absolute Gasteiger partial charge is 0.335 e. The highest BCUT2D eigenvalue weighted by Crippen LogP contribution is 1.98. The Bertz CT molecular complexity index is 170. The molecule has 0 heterocycles. The van der Waals surface area contributed by atoms with Gasteiger partial charge in [-0.05, 0) is 25.4 Å². The van der Waals surface area contributed by atoms with Gasteiger partial charge in [-0.2, -0.15) is 0 Å². The summed E-state index contributed by atoms with van der Waals surface area (Å²) in [6.07, 6.45) is 0. The van der Waals surface area contributed by atoms with Gasteiger partial charge >= 0.3 is 5.37 Å². The molecule has 0 aromatic carbocycles. The van der Waals surface area contributed by atoms with Crippen molar-refractivity contribution in [1.82, 2.24) is 10.4 Å². The monoisotopic (exact) mass is 178 g/mol. The number of nitrogens with one attached hydrogen (secondary N) is 1. The fourth-order valence-electron chi connectivity index (χ4n) is 0.546. The summed E-state index contributed by atoms with van der Waals surface area (Å²) in [4.78, 5) is 21.1. The molecule has 11 heavy (non-hydrogen) atoms. The number of hydrogen-bond acceptors (Lipinski definition) is 2. The zero-order valence-corrected chi connectivity index (χ0v) is 7.47. The molecule has 0 aliphatic carbocycles. The highest BCUT2D eigenvalue weighted by molar-refractivity contribution is 6.62. The molecule has 0 radical (unpaired) electrons. The molecule has 0 atom stereocenters. The highest BCUT2D eigenvalue weighted by Gasteiger charge is 2.14. The Morgan fingerprint density at radius 2 is 1.91 bits per heavy atom. The lowest BCUT2D eigenvalue weighted by Crippen LogP contribution is -2.46. The molecule has 0 spiro atoms. The van der Waals surface area contributed by atoms with Crippen LogP contribution < -0.4 is 5.43 Å². The molecule has 0 aliphatic heterocycles. The number of carbonyl (C=O) groups is 2. The summed E-state index contributed by atoms with van der Waals surface area (Å²) in [5.41, 5.74) is 2.29. The van der Waals surface area contributed by atoms with Gasteiger partial charge in [-0.25, -0.2) is 5.01 Å². The summed E-state index contributed by atoms with van der Waals surface area (Å²) in [7, 11) is 0. The fourth-order valence-corrected chi connectivity index (χ4v) is 0.783. The first kappa shape index (κ1) is 10.2. The van der Waals surface area contributed by atoms with Crippen LogP contribution in [0.2, 0.25) is 0 Å². The van der Waals surface area contributed by atoms with E-state index in [0.717, 1.165) is 5.01 Å². The Morgan fingerprint density at radius 1 is 1.45 bits per heavy atom. The maximum atomic E-state index is 10.6. The molecular formula is C6H11ClN2O2. The molecule has 0 bridgehead atoms. The lowest BCUT2D eigenvalue weighted by Gasteiger charge is -2.23. The van der Waals surface area contributed by atoms with Crippen molar-refractivity contribution in [2.75, 3.05) is 0 Å². The Kier molecular flexibility index (Phi) is 3.89. The maximum Gasteiger partial charge on any atom is 0.335 e. The molecule has 4 nitrogen and oxygen atoms in total. The van der Waals surface area contributed by atoms with E-state index in [1.807, 2.05) is 0 Å². The number of nitrogens with zero attached hydrogens (tertiary/aromatic N) is 1. The summed E-state index contributed by atoms with van der Waals surface area (Å²) in [6.45, 7) is 4.81. The average Bonchev–Trinajstić information content (AvgIpc) is 1.81. The molecule has 5 heteroatoms. The van der Waals surface area contributed by atoms with E-state index >= 15 is 0 Å². The fraction of sp³-hybridized carbons (Fsp3) is 0.667. The van der Waals surface area contributed by atoms with Gasteiger partial charge in [-0.1, -0.05) is 0 Å². The standard InChI is InChI=1S/C6H11ClN2O2/c1-4(2)9(6(7)11)8-5(3)10/h4H,1-3H3,(H,8,10). The molecule has 0 aromatic heterocycles. The number of amides is 2. The van der Waals surface area contributed by atoms with Crippen molar-refractivity contribution in [1.29, 1.82) is 0 Å². The molecule has 64 valence electrons. The van der Waals surface area contributed by atoms with E-state index in [-0.39, 0.29) is 11.9 Å². The van der Waals surface area contributed by atoms with Gasteiger partial charge in [0, 0.05) is 13.0 Å². The second-order valence-electron chi connectivity index (χ2n) is 2.38. The van der Waals surface area contributed by atoms with Gasteiger partial charge < -0.3 is 0 Å². The minimum atomic E-state index is -0.685. The van der Waals surface area contributed by atoms with Crippen LogP contribution in [0.15, 0.2) is 0 Å². The molecule has 1 N–H and O–H groups in total. The lowest BCUT2D eigenvalue weighted by atomic mass is 10.4. The molecular weight excluding hydrogens is 168 g/mol. The second kappa shape index (κ2) is 4.18. The molecule has 0 saturated carbocycles. The smallest absolute Gasteiger partial charge is 0.274 e. The van der Waals surface area contributed by atoms with Gasteiger partial charge in [0.15, 0.2) is 0 Å². The summed E-state index contributed by atoms with van der Waals surface area (Å²) >= 11 is 5.16. The first-order chi connectivity index (χ1) is 4.95. The summed E-state index contributed by atoms with van der Waals surface area (Å²) in [5, 5.41) is 0.374. The van der Waals surface area contributed by atoms with E-state index in [1.165, 1.54) is 6.92 Å². The number of halogens is 1. The second-order valence-corrected chi connectivity index (χ2v) is 2.71. The van der Waals surface area contributed by atoms with Crippen molar-refractivity contribution < 1.29 is 9.59 Å². The molecule has 0 rings (SSSR count). The van der Waals surface area contributed by atoms with Crippen LogP contribution in [0.5, 0.6) is 0 Å². The van der Waals surface area contributed by atoms with Gasteiger partial charge in [0.1, 0.15) is 0 Å². The van der Waals surface area contributed by atoms with Crippen molar-refractivity contribution >= 4 is 22.9 Å². The van der Waals surface area contributed by atoms with Crippen LogP contribution in [-0.2, 0) is 4.79 Å². The van der Waals surface area contributed by atoms with Crippen molar-refractivity contribution in [2.45, 2.75) is 26.8 Å². The average molecular weight is 179 g/mol. The van der Waals surface area contributed by atoms with E-state index in [2.05, 4.69) is 5.43 Å². The van der Waals surface area contributed by atoms with Crippen LogP contribution in [0.25, 0.3) is 0 Å². The van der Waals surface area contributed by atoms with Crippen LogP contribution in [0.1, 0.15) is 20.8 Å². The van der Waals surface area contributed by atoms with Crippen LogP contribution in [0.4, 0.5) is 4.79 Å². The van der Waals surface area contributed by atoms with Crippen LogP contribution in [0.3, 0.4) is 0 Å². The van der Waals surface area contributed by atoms with Crippen molar-refractivity contribution in [3.8, 4) is 0 Å². The van der Waals surface area contributed by atoms with Gasteiger partial charge in [0.05, 0.1) is 0 Å². The van der Waals surface area contributed by atoms with Crippen LogP contribution >= 0.6 is 11.6 Å². The SMILES string of the molecule is CC(=O)NN(C(=O)Cl)C(C)C. The third-order valence-electron chi connectivity index (χ3n) is 0.984. The van der Waals surface area contributed by atoms with E-state index in [9.17, 15) is 9.59 Å². The Labute approximate surface area is 70.5 Å². The molecule has 0 saturated heterocycles. The van der Waals surface area contributed by atoms with Crippen molar-refractivity contribution in [3.63, 3.8) is 0 Å². The van der Waals surface area contributed by atoms with E-state index in [1.54, 1.807) is 13.8 Å². The number of hydrazine groups is 1. The van der Waals surface area contributed by atoms with Gasteiger partial charge in [0.2, 0.25) is 5.91 Å². The third-order valence-corrected chi connectivity index (χ3v) is 1.17. The first-order valence-electron chi connectivity index (χ1n) is 3.21. The number of rotatable bonds is 1.